The highest BCUT2D eigenvalue weighted by atomic mass is 32.2. The van der Waals surface area contributed by atoms with Gasteiger partial charge in [-0.2, -0.15) is 0 Å². The highest BCUT2D eigenvalue weighted by Gasteiger charge is 2.52. The minimum atomic E-state index is -3.85. The summed E-state index contributed by atoms with van der Waals surface area (Å²) in [5, 5.41) is 0. The van der Waals surface area contributed by atoms with Crippen molar-refractivity contribution in [2.24, 2.45) is 5.92 Å². The number of hydrogen-bond donors (Lipinski definition) is 0. The molecule has 2 atom stereocenters. The number of esters is 1. The fourth-order valence-electron chi connectivity index (χ4n) is 3.54. The molecule has 8 heteroatoms. The predicted octanol–water partition coefficient (Wildman–Crippen LogP) is 2.55. The van der Waals surface area contributed by atoms with E-state index in [-0.39, 0.29) is 18.8 Å². The van der Waals surface area contributed by atoms with E-state index in [0.29, 0.717) is 17.7 Å². The second kappa shape index (κ2) is 9.30. The third-order valence-electron chi connectivity index (χ3n) is 5.15. The van der Waals surface area contributed by atoms with Crippen molar-refractivity contribution in [3.63, 3.8) is 0 Å². The van der Waals surface area contributed by atoms with Crippen LogP contribution in [0.2, 0.25) is 0 Å². The molecule has 1 fully saturated rings. The molecule has 1 aliphatic rings. The quantitative estimate of drug-likeness (QED) is 0.448. The van der Waals surface area contributed by atoms with Crippen LogP contribution in [0.4, 0.5) is 0 Å². The Labute approximate surface area is 176 Å². The summed E-state index contributed by atoms with van der Waals surface area (Å²) in [6.07, 6.45) is 0.537. The number of ether oxygens (including phenoxy) is 2. The fourth-order valence-corrected chi connectivity index (χ4v) is 5.32. The Morgan fingerprint density at radius 3 is 2.30 bits per heavy atom. The summed E-state index contributed by atoms with van der Waals surface area (Å²) in [6.45, 7) is 1.67. The zero-order valence-corrected chi connectivity index (χ0v) is 17.8. The summed E-state index contributed by atoms with van der Waals surface area (Å²) in [4.78, 5) is 24.7. The number of carbonyl (C=O) groups is 2. The number of carbonyl (C=O) groups excluding carboxylic acids is 2. The second-order valence-corrected chi connectivity index (χ2v) is 9.01. The molecule has 1 saturated heterocycles. The van der Waals surface area contributed by atoms with Crippen LogP contribution in [0, 0.1) is 5.92 Å². The molecule has 1 heterocycles. The summed E-state index contributed by atoms with van der Waals surface area (Å²) in [7, 11) is -2.29. The Kier molecular flexibility index (Phi) is 6.77. The normalized spacial score (nSPS) is 18.6. The zero-order chi connectivity index (χ0) is 21.7. The molecule has 0 unspecified atom stereocenters. The first kappa shape index (κ1) is 21.8. The average Bonchev–Trinajstić information content (AvgIpc) is 2.72. The minimum absolute atomic E-state index is 0.0538. The molecule has 0 aromatic heterocycles. The molecule has 0 N–H and O–H groups in total. The molecule has 0 aliphatic carbocycles. The van der Waals surface area contributed by atoms with Gasteiger partial charge >= 0.3 is 5.97 Å². The standard InChI is InChI=1S/C22H25NO6S/c1-3-19-20(14-29-21(24)13-16-9-11-18(28-2)12-10-16)23(22(19)25)30(26,27)15-17-7-5-4-6-8-17/h4-12,19-20H,3,13-15H2,1-2H3/t19-,20+/m0/s1. The first-order valence-corrected chi connectivity index (χ1v) is 11.3. The first-order chi connectivity index (χ1) is 14.4. The molecule has 0 radical (unpaired) electrons. The number of benzene rings is 2. The van der Waals surface area contributed by atoms with Gasteiger partial charge in [0.25, 0.3) is 0 Å². The molecule has 0 bridgehead atoms. The number of sulfonamides is 1. The van der Waals surface area contributed by atoms with Crippen molar-refractivity contribution in [2.45, 2.75) is 31.6 Å². The van der Waals surface area contributed by atoms with Gasteiger partial charge in [0, 0.05) is 0 Å². The second-order valence-electron chi connectivity index (χ2n) is 7.17. The van der Waals surface area contributed by atoms with Crippen molar-refractivity contribution >= 4 is 21.9 Å². The molecule has 2 aromatic carbocycles. The Bertz CT molecular complexity index is 988. The summed E-state index contributed by atoms with van der Waals surface area (Å²) in [6, 6.07) is 15.0. The molecular weight excluding hydrogens is 406 g/mol. The maximum absolute atomic E-state index is 12.8. The Morgan fingerprint density at radius 2 is 1.70 bits per heavy atom. The van der Waals surface area contributed by atoms with E-state index in [1.54, 1.807) is 61.7 Å². The Hall–Kier alpha value is -2.87. The van der Waals surface area contributed by atoms with E-state index in [4.69, 9.17) is 9.47 Å². The zero-order valence-electron chi connectivity index (χ0n) is 17.0. The van der Waals surface area contributed by atoms with Gasteiger partial charge in [-0.05, 0) is 29.7 Å². The van der Waals surface area contributed by atoms with Gasteiger partial charge in [-0.1, -0.05) is 49.4 Å². The summed E-state index contributed by atoms with van der Waals surface area (Å²) in [5.41, 5.74) is 1.35. The van der Waals surface area contributed by atoms with Crippen LogP contribution in [-0.2, 0) is 36.5 Å². The highest BCUT2D eigenvalue weighted by molar-refractivity contribution is 7.89. The first-order valence-electron chi connectivity index (χ1n) is 9.74. The fraction of sp³-hybridized carbons (Fsp3) is 0.364. The van der Waals surface area contributed by atoms with Crippen LogP contribution >= 0.6 is 0 Å². The van der Waals surface area contributed by atoms with Gasteiger partial charge in [-0.15, -0.1) is 0 Å². The van der Waals surface area contributed by atoms with Crippen LogP contribution in [0.25, 0.3) is 0 Å². The van der Waals surface area contributed by atoms with Crippen molar-refractivity contribution < 1.29 is 27.5 Å². The molecule has 160 valence electrons. The van der Waals surface area contributed by atoms with Crippen molar-refractivity contribution in [3.05, 3.63) is 65.7 Å². The van der Waals surface area contributed by atoms with Crippen LogP contribution in [0.3, 0.4) is 0 Å². The monoisotopic (exact) mass is 431 g/mol. The lowest BCUT2D eigenvalue weighted by Crippen LogP contribution is -2.64. The minimum Gasteiger partial charge on any atom is -0.497 e. The van der Waals surface area contributed by atoms with Crippen LogP contribution in [-0.4, -0.2) is 44.4 Å². The number of β-lactam (4-membered cyclic amide) rings is 1. The van der Waals surface area contributed by atoms with Gasteiger partial charge in [-0.25, -0.2) is 12.7 Å². The Balaban J connectivity index is 1.63. The molecular formula is C22H25NO6S. The number of methoxy groups -OCH3 is 1. The number of nitrogens with zero attached hydrogens (tertiary/aromatic N) is 1. The third-order valence-corrected chi connectivity index (χ3v) is 6.90. The highest BCUT2D eigenvalue weighted by Crippen LogP contribution is 2.34. The SMILES string of the molecule is CC[C@@H]1C(=O)N(S(=O)(=O)Cc2ccccc2)[C@@H]1COC(=O)Cc1ccc(OC)cc1. The lowest BCUT2D eigenvalue weighted by atomic mass is 9.88. The average molecular weight is 432 g/mol. The molecule has 2 aromatic rings. The van der Waals surface area contributed by atoms with Crippen molar-refractivity contribution in [2.75, 3.05) is 13.7 Å². The molecule has 30 heavy (non-hydrogen) atoms. The largest absolute Gasteiger partial charge is 0.497 e. The molecule has 0 saturated carbocycles. The van der Waals surface area contributed by atoms with Gasteiger partial charge in [0.2, 0.25) is 15.9 Å². The van der Waals surface area contributed by atoms with Crippen LogP contribution in [0.15, 0.2) is 54.6 Å². The number of hydrogen-bond acceptors (Lipinski definition) is 6. The molecule has 0 spiro atoms. The maximum atomic E-state index is 12.8. The molecule has 1 amide bonds. The molecule has 3 rings (SSSR count). The maximum Gasteiger partial charge on any atom is 0.310 e. The summed E-state index contributed by atoms with van der Waals surface area (Å²) >= 11 is 0. The van der Waals surface area contributed by atoms with E-state index < -0.39 is 33.9 Å². The van der Waals surface area contributed by atoms with Crippen molar-refractivity contribution in [1.82, 2.24) is 4.31 Å². The third kappa shape index (κ3) is 4.81. The van der Waals surface area contributed by atoms with Gasteiger partial charge in [0.1, 0.15) is 12.4 Å². The lowest BCUT2D eigenvalue weighted by Gasteiger charge is -2.45. The van der Waals surface area contributed by atoms with Crippen LogP contribution in [0.5, 0.6) is 5.75 Å². The van der Waals surface area contributed by atoms with Gasteiger partial charge < -0.3 is 9.47 Å². The van der Waals surface area contributed by atoms with E-state index in [2.05, 4.69) is 0 Å². The topological polar surface area (TPSA) is 90.0 Å². The van der Waals surface area contributed by atoms with E-state index in [1.807, 2.05) is 6.92 Å². The van der Waals surface area contributed by atoms with Crippen LogP contribution in [0.1, 0.15) is 24.5 Å². The molecule has 1 aliphatic heterocycles. The van der Waals surface area contributed by atoms with Gasteiger partial charge in [-0.3, -0.25) is 9.59 Å². The smallest absolute Gasteiger partial charge is 0.310 e. The van der Waals surface area contributed by atoms with Crippen molar-refractivity contribution in [1.29, 1.82) is 0 Å². The lowest BCUT2D eigenvalue weighted by molar-refractivity contribution is -0.157. The van der Waals surface area contributed by atoms with Gasteiger partial charge in [0.05, 0.1) is 31.2 Å². The van der Waals surface area contributed by atoms with Crippen molar-refractivity contribution in [3.8, 4) is 5.75 Å². The van der Waals surface area contributed by atoms with E-state index in [1.165, 1.54) is 0 Å². The number of rotatable bonds is 9. The molecule has 7 nitrogen and oxygen atoms in total. The van der Waals surface area contributed by atoms with Gasteiger partial charge in [0.15, 0.2) is 0 Å². The van der Waals surface area contributed by atoms with E-state index in [9.17, 15) is 18.0 Å². The predicted molar refractivity (Wildman–Crippen MR) is 111 cm³/mol. The number of amides is 1. The Morgan fingerprint density at radius 1 is 1.03 bits per heavy atom. The summed E-state index contributed by atoms with van der Waals surface area (Å²) < 4.78 is 36.9. The summed E-state index contributed by atoms with van der Waals surface area (Å²) in [5.74, 6) is -0.972. The van der Waals surface area contributed by atoms with E-state index in [0.717, 1.165) is 9.87 Å². The van der Waals surface area contributed by atoms with Crippen LogP contribution < -0.4 is 4.74 Å². The van der Waals surface area contributed by atoms with E-state index >= 15 is 0 Å².